The monoisotopic (exact) mass is 542 g/mol. The van der Waals surface area contributed by atoms with Crippen molar-refractivity contribution in [1.29, 1.82) is 0 Å². The van der Waals surface area contributed by atoms with Crippen molar-refractivity contribution in [2.24, 2.45) is 0 Å². The second kappa shape index (κ2) is 12.4. The van der Waals surface area contributed by atoms with E-state index in [9.17, 15) is 8.42 Å². The van der Waals surface area contributed by atoms with Gasteiger partial charge in [0.05, 0.1) is 30.2 Å². The maximum atomic E-state index is 13.5. The second-order valence-electron chi connectivity index (χ2n) is 7.92. The summed E-state index contributed by atoms with van der Waals surface area (Å²) in [6.07, 6.45) is 0. The van der Waals surface area contributed by atoms with Crippen molar-refractivity contribution in [3.63, 3.8) is 0 Å². The summed E-state index contributed by atoms with van der Waals surface area (Å²) in [5.74, 6) is 0.713. The topological polar surface area (TPSA) is 76.9 Å². The Morgan fingerprint density at radius 1 is 0.971 bits per heavy atom. The van der Waals surface area contributed by atoms with Crippen LogP contribution in [-0.2, 0) is 26.0 Å². The molecule has 3 rings (SSSR count). The highest BCUT2D eigenvalue weighted by atomic mass is 35.5. The van der Waals surface area contributed by atoms with E-state index in [0.29, 0.717) is 22.4 Å². The van der Waals surface area contributed by atoms with E-state index in [1.165, 1.54) is 4.31 Å². The quantitative estimate of drug-likeness (QED) is 0.316. The van der Waals surface area contributed by atoms with E-state index >= 15 is 0 Å². The van der Waals surface area contributed by atoms with Gasteiger partial charge in [0.15, 0.2) is 5.82 Å². The van der Waals surface area contributed by atoms with Crippen LogP contribution in [0.15, 0.2) is 41.3 Å². The van der Waals surface area contributed by atoms with Crippen molar-refractivity contribution in [3.05, 3.63) is 52.0 Å². The van der Waals surface area contributed by atoms with E-state index < -0.39 is 10.0 Å². The van der Waals surface area contributed by atoms with Crippen LogP contribution in [0.1, 0.15) is 19.4 Å². The highest BCUT2D eigenvalue weighted by Crippen LogP contribution is 2.32. The summed E-state index contributed by atoms with van der Waals surface area (Å²) in [6, 6.07) is 10.5. The number of aromatic nitrogens is 2. The van der Waals surface area contributed by atoms with Gasteiger partial charge in [-0.3, -0.25) is 4.68 Å². The molecule has 0 saturated heterocycles. The van der Waals surface area contributed by atoms with Gasteiger partial charge in [-0.15, -0.1) is 0 Å². The Morgan fingerprint density at radius 2 is 1.57 bits per heavy atom. The third kappa shape index (κ3) is 6.10. The van der Waals surface area contributed by atoms with Crippen molar-refractivity contribution < 1.29 is 17.9 Å². The fraction of sp³-hybridized carbons (Fsp3) is 0.458. The lowest BCUT2D eigenvalue weighted by atomic mass is 10.2. The van der Waals surface area contributed by atoms with Crippen LogP contribution in [0.25, 0.3) is 10.9 Å². The number of rotatable bonds is 13. The lowest BCUT2D eigenvalue weighted by molar-refractivity contribution is 0.150. The number of sulfonamides is 1. The molecule has 0 atom stereocenters. The average molecular weight is 544 g/mol. The first-order valence-electron chi connectivity index (χ1n) is 11.4. The minimum Gasteiger partial charge on any atom is -0.383 e. The van der Waals surface area contributed by atoms with E-state index in [0.717, 1.165) is 29.6 Å². The van der Waals surface area contributed by atoms with Crippen molar-refractivity contribution >= 4 is 49.9 Å². The van der Waals surface area contributed by atoms with Crippen LogP contribution in [0, 0.1) is 0 Å². The molecule has 0 bridgehead atoms. The van der Waals surface area contributed by atoms with Crippen molar-refractivity contribution in [2.45, 2.75) is 25.3 Å². The molecule has 1 heterocycles. The smallest absolute Gasteiger partial charge is 0.243 e. The van der Waals surface area contributed by atoms with E-state index in [-0.39, 0.29) is 31.2 Å². The minimum atomic E-state index is -3.78. The fourth-order valence-corrected chi connectivity index (χ4v) is 5.85. The maximum Gasteiger partial charge on any atom is 0.243 e. The molecule has 1 aromatic heterocycles. The number of hydrogen-bond acceptors (Lipinski definition) is 6. The van der Waals surface area contributed by atoms with Crippen molar-refractivity contribution in [1.82, 2.24) is 14.1 Å². The molecule has 0 radical (unpaired) electrons. The van der Waals surface area contributed by atoms with E-state index in [4.69, 9.17) is 37.8 Å². The number of benzene rings is 2. The van der Waals surface area contributed by atoms with Crippen LogP contribution < -0.4 is 4.90 Å². The van der Waals surface area contributed by atoms with Crippen LogP contribution in [-0.4, -0.2) is 76.1 Å². The summed E-state index contributed by atoms with van der Waals surface area (Å²) in [5, 5.41) is 6.70. The number of ether oxygens (including phenoxy) is 2. The molecule has 0 fully saturated rings. The zero-order chi connectivity index (χ0) is 25.6. The molecule has 0 aliphatic heterocycles. The maximum absolute atomic E-state index is 13.5. The van der Waals surface area contributed by atoms with Gasteiger partial charge in [0.2, 0.25) is 10.0 Å². The predicted molar refractivity (Wildman–Crippen MR) is 141 cm³/mol. The molecular weight excluding hydrogens is 511 g/mol. The molecule has 0 amide bonds. The van der Waals surface area contributed by atoms with Gasteiger partial charge in [-0.25, -0.2) is 8.42 Å². The van der Waals surface area contributed by atoms with Gasteiger partial charge in [0, 0.05) is 61.4 Å². The summed E-state index contributed by atoms with van der Waals surface area (Å²) < 4.78 is 40.5. The summed E-state index contributed by atoms with van der Waals surface area (Å²) >= 11 is 12.8. The van der Waals surface area contributed by atoms with Gasteiger partial charge in [-0.05, 0) is 44.2 Å². The van der Waals surface area contributed by atoms with Gasteiger partial charge in [-0.2, -0.15) is 9.40 Å². The van der Waals surface area contributed by atoms with E-state index in [1.54, 1.807) is 50.6 Å². The number of hydrogen-bond donors (Lipinski definition) is 0. The SMILES string of the molecule is CCN(CC)c1nn(Cc2c(Cl)cccc2Cl)c2ccc(S(=O)(=O)N(CCOC)CCOC)cc12. The average Bonchev–Trinajstić information content (AvgIpc) is 3.20. The van der Waals surface area contributed by atoms with Gasteiger partial charge in [0.1, 0.15) is 0 Å². The largest absolute Gasteiger partial charge is 0.383 e. The van der Waals surface area contributed by atoms with Crippen molar-refractivity contribution in [2.75, 3.05) is 58.5 Å². The van der Waals surface area contributed by atoms with Crippen LogP contribution in [0.4, 0.5) is 5.82 Å². The van der Waals surface area contributed by atoms with E-state index in [2.05, 4.69) is 4.90 Å². The Bertz CT molecular complexity index is 1220. The Hall–Kier alpha value is -1.88. The number of halogens is 2. The zero-order valence-corrected chi connectivity index (χ0v) is 22.8. The molecule has 2 aromatic carbocycles. The summed E-state index contributed by atoms with van der Waals surface area (Å²) in [4.78, 5) is 2.29. The summed E-state index contributed by atoms with van der Waals surface area (Å²) in [5.41, 5.74) is 1.55. The molecule has 0 aliphatic carbocycles. The van der Waals surface area contributed by atoms with E-state index in [1.807, 2.05) is 18.5 Å². The van der Waals surface area contributed by atoms with Gasteiger partial charge in [0.25, 0.3) is 0 Å². The fourth-order valence-electron chi connectivity index (χ4n) is 3.90. The predicted octanol–water partition coefficient (Wildman–Crippen LogP) is 4.52. The second-order valence-corrected chi connectivity index (χ2v) is 10.7. The Labute approximate surface area is 217 Å². The zero-order valence-electron chi connectivity index (χ0n) is 20.5. The molecule has 0 N–H and O–H groups in total. The first-order chi connectivity index (χ1) is 16.8. The minimum absolute atomic E-state index is 0.195. The third-order valence-electron chi connectivity index (χ3n) is 5.86. The standard InChI is InChI=1S/C24H32Cl2N4O4S/c1-5-28(6-2)24-19-16-18(35(31,32)29(12-14-33-3)13-15-34-4)10-11-23(19)30(27-24)17-20-21(25)8-7-9-22(20)26/h7-11,16H,5-6,12-15,17H2,1-4H3. The van der Waals surface area contributed by atoms with Crippen LogP contribution in [0.2, 0.25) is 10.0 Å². The molecule has 0 spiro atoms. The number of nitrogens with zero attached hydrogens (tertiary/aromatic N) is 4. The van der Waals surface area contributed by atoms with Crippen LogP contribution in [0.3, 0.4) is 0 Å². The molecule has 35 heavy (non-hydrogen) atoms. The number of methoxy groups -OCH3 is 2. The number of fused-ring (bicyclic) bond motifs is 1. The molecule has 0 unspecified atom stereocenters. The normalized spacial score (nSPS) is 12.1. The van der Waals surface area contributed by atoms with Gasteiger partial charge >= 0.3 is 0 Å². The van der Waals surface area contributed by atoms with Crippen molar-refractivity contribution in [3.8, 4) is 0 Å². The lowest BCUT2D eigenvalue weighted by Crippen LogP contribution is -2.36. The number of anilines is 1. The van der Waals surface area contributed by atoms with Crippen LogP contribution >= 0.6 is 23.2 Å². The highest BCUT2D eigenvalue weighted by molar-refractivity contribution is 7.89. The molecule has 0 saturated carbocycles. The van der Waals surface area contributed by atoms with Gasteiger partial charge in [-0.1, -0.05) is 29.3 Å². The first kappa shape index (κ1) is 27.7. The molecule has 192 valence electrons. The Morgan fingerprint density at radius 3 is 2.11 bits per heavy atom. The Kier molecular flexibility index (Phi) is 9.80. The highest BCUT2D eigenvalue weighted by Gasteiger charge is 2.26. The lowest BCUT2D eigenvalue weighted by Gasteiger charge is -2.22. The molecule has 11 heteroatoms. The molecule has 3 aromatic rings. The van der Waals surface area contributed by atoms with Crippen LogP contribution in [0.5, 0.6) is 0 Å². The molecule has 0 aliphatic rings. The molecule has 8 nitrogen and oxygen atoms in total. The summed E-state index contributed by atoms with van der Waals surface area (Å²) in [6.45, 7) is 6.91. The summed E-state index contributed by atoms with van der Waals surface area (Å²) in [7, 11) is -0.691. The first-order valence-corrected chi connectivity index (χ1v) is 13.6. The molecular formula is C24H32Cl2N4O4S. The van der Waals surface area contributed by atoms with Gasteiger partial charge < -0.3 is 14.4 Å². The Balaban J connectivity index is 2.13. The third-order valence-corrected chi connectivity index (χ3v) is 8.47.